The first kappa shape index (κ1) is 16.7. The largest absolute Gasteiger partial charge is 0.375 e. The van der Waals surface area contributed by atoms with E-state index in [0.717, 1.165) is 25.3 Å². The summed E-state index contributed by atoms with van der Waals surface area (Å²) >= 11 is 0. The number of morpholine rings is 1. The van der Waals surface area contributed by atoms with E-state index < -0.39 is 0 Å². The highest BCUT2D eigenvalue weighted by atomic mass is 16.5. The van der Waals surface area contributed by atoms with E-state index in [-0.39, 0.29) is 12.1 Å². The number of benzene rings is 1. The maximum Gasteiger partial charge on any atom is 0.246 e. The SMILES string of the molecule is C[C@H]1OCCN[C@@H]1c1nc(-c2cccc(CN3CCCCC3)c2)no1. The number of aromatic nitrogens is 2. The van der Waals surface area contributed by atoms with Gasteiger partial charge >= 0.3 is 0 Å². The Labute approximate surface area is 148 Å². The second-order valence-corrected chi connectivity index (χ2v) is 7.00. The first-order chi connectivity index (χ1) is 12.3. The van der Waals surface area contributed by atoms with Crippen LogP contribution < -0.4 is 5.32 Å². The van der Waals surface area contributed by atoms with Gasteiger partial charge in [0.2, 0.25) is 11.7 Å². The van der Waals surface area contributed by atoms with Crippen LogP contribution in [0.25, 0.3) is 11.4 Å². The summed E-state index contributed by atoms with van der Waals surface area (Å²) in [4.78, 5) is 7.13. The van der Waals surface area contributed by atoms with Crippen molar-refractivity contribution >= 4 is 0 Å². The lowest BCUT2D eigenvalue weighted by molar-refractivity contribution is -0.00136. The van der Waals surface area contributed by atoms with Crippen molar-refractivity contribution in [3.05, 3.63) is 35.7 Å². The molecule has 0 radical (unpaired) electrons. The predicted molar refractivity (Wildman–Crippen MR) is 95.0 cm³/mol. The van der Waals surface area contributed by atoms with Crippen molar-refractivity contribution in [1.82, 2.24) is 20.4 Å². The number of rotatable bonds is 4. The molecule has 2 aliphatic heterocycles. The molecule has 2 fully saturated rings. The molecule has 0 bridgehead atoms. The molecule has 2 atom stereocenters. The van der Waals surface area contributed by atoms with E-state index in [1.807, 2.05) is 13.0 Å². The molecule has 2 aliphatic rings. The molecule has 2 aromatic rings. The van der Waals surface area contributed by atoms with Gasteiger partial charge in [0.05, 0.1) is 12.7 Å². The van der Waals surface area contributed by atoms with Gasteiger partial charge in [-0.1, -0.05) is 29.8 Å². The molecule has 1 aromatic heterocycles. The number of piperidine rings is 1. The Kier molecular flexibility index (Phi) is 5.10. The van der Waals surface area contributed by atoms with Crippen molar-refractivity contribution in [2.24, 2.45) is 0 Å². The summed E-state index contributed by atoms with van der Waals surface area (Å²) in [6, 6.07) is 8.44. The van der Waals surface area contributed by atoms with Crippen molar-refractivity contribution in [2.75, 3.05) is 26.2 Å². The number of nitrogens with one attached hydrogen (secondary N) is 1. The minimum absolute atomic E-state index is 0.0347. The summed E-state index contributed by atoms with van der Waals surface area (Å²) in [5, 5.41) is 7.58. The van der Waals surface area contributed by atoms with Crippen molar-refractivity contribution in [3.8, 4) is 11.4 Å². The number of likely N-dealkylation sites (tertiary alicyclic amines) is 1. The van der Waals surface area contributed by atoms with Gasteiger partial charge in [-0.2, -0.15) is 4.98 Å². The van der Waals surface area contributed by atoms with Crippen LogP contribution in [0.4, 0.5) is 0 Å². The smallest absolute Gasteiger partial charge is 0.246 e. The maximum atomic E-state index is 5.67. The van der Waals surface area contributed by atoms with Gasteiger partial charge in [-0.05, 0) is 44.5 Å². The molecule has 6 heteroatoms. The molecule has 0 amide bonds. The molecule has 0 spiro atoms. The Morgan fingerprint density at radius 1 is 1.24 bits per heavy atom. The van der Waals surface area contributed by atoms with Crippen LogP contribution in [0.3, 0.4) is 0 Å². The van der Waals surface area contributed by atoms with Crippen LogP contribution in [0.15, 0.2) is 28.8 Å². The average Bonchev–Trinajstić information content (AvgIpc) is 3.13. The average molecular weight is 342 g/mol. The molecule has 0 aliphatic carbocycles. The first-order valence-corrected chi connectivity index (χ1v) is 9.30. The normalized spacial score (nSPS) is 25.2. The van der Waals surface area contributed by atoms with Crippen LogP contribution in [0.5, 0.6) is 0 Å². The Hall–Kier alpha value is -1.76. The summed E-state index contributed by atoms with van der Waals surface area (Å²) in [5.74, 6) is 1.25. The van der Waals surface area contributed by atoms with Crippen LogP contribution in [-0.2, 0) is 11.3 Å². The Bertz CT molecular complexity index is 696. The third-order valence-electron chi connectivity index (χ3n) is 5.06. The Balaban J connectivity index is 1.49. The van der Waals surface area contributed by atoms with Crippen LogP contribution in [0, 0.1) is 0 Å². The van der Waals surface area contributed by atoms with Crippen molar-refractivity contribution in [3.63, 3.8) is 0 Å². The summed E-state index contributed by atoms with van der Waals surface area (Å²) in [5.41, 5.74) is 2.31. The summed E-state index contributed by atoms with van der Waals surface area (Å²) in [6.45, 7) is 6.94. The van der Waals surface area contributed by atoms with Gasteiger partial charge in [-0.3, -0.25) is 4.90 Å². The zero-order valence-corrected chi connectivity index (χ0v) is 14.8. The fraction of sp³-hybridized carbons (Fsp3) is 0.579. The monoisotopic (exact) mass is 342 g/mol. The van der Waals surface area contributed by atoms with Gasteiger partial charge in [0.1, 0.15) is 6.04 Å². The molecular weight excluding hydrogens is 316 g/mol. The van der Waals surface area contributed by atoms with E-state index in [4.69, 9.17) is 9.26 Å². The van der Waals surface area contributed by atoms with Crippen molar-refractivity contribution in [1.29, 1.82) is 0 Å². The fourth-order valence-electron chi connectivity index (χ4n) is 3.67. The fourth-order valence-corrected chi connectivity index (χ4v) is 3.67. The van der Waals surface area contributed by atoms with Gasteiger partial charge in [0.15, 0.2) is 0 Å². The van der Waals surface area contributed by atoms with Crippen LogP contribution in [0.2, 0.25) is 0 Å². The van der Waals surface area contributed by atoms with E-state index in [2.05, 4.69) is 38.6 Å². The van der Waals surface area contributed by atoms with Gasteiger partial charge in [0.25, 0.3) is 0 Å². The lowest BCUT2D eigenvalue weighted by Crippen LogP contribution is -2.40. The van der Waals surface area contributed by atoms with Crippen LogP contribution in [0.1, 0.15) is 43.7 Å². The molecule has 1 aromatic carbocycles. The predicted octanol–water partition coefficient (Wildman–Crippen LogP) is 2.77. The summed E-state index contributed by atoms with van der Waals surface area (Å²) < 4.78 is 11.2. The van der Waals surface area contributed by atoms with E-state index in [9.17, 15) is 0 Å². The Morgan fingerprint density at radius 2 is 2.12 bits per heavy atom. The molecule has 1 N–H and O–H groups in total. The highest BCUT2D eigenvalue weighted by Gasteiger charge is 2.28. The molecule has 25 heavy (non-hydrogen) atoms. The minimum atomic E-state index is -0.0356. The van der Waals surface area contributed by atoms with E-state index >= 15 is 0 Å². The molecule has 3 heterocycles. The maximum absolute atomic E-state index is 5.67. The number of hydrogen-bond acceptors (Lipinski definition) is 6. The van der Waals surface area contributed by atoms with Crippen LogP contribution >= 0.6 is 0 Å². The summed E-state index contributed by atoms with van der Waals surface area (Å²) in [7, 11) is 0. The molecule has 0 unspecified atom stereocenters. The number of nitrogens with zero attached hydrogens (tertiary/aromatic N) is 3. The second kappa shape index (κ2) is 7.64. The second-order valence-electron chi connectivity index (χ2n) is 7.00. The lowest BCUT2D eigenvalue weighted by atomic mass is 10.1. The Morgan fingerprint density at radius 3 is 2.96 bits per heavy atom. The molecule has 6 nitrogen and oxygen atoms in total. The van der Waals surface area contributed by atoms with E-state index in [1.165, 1.54) is 37.9 Å². The molecular formula is C19H26N4O2. The molecule has 0 saturated carbocycles. The topological polar surface area (TPSA) is 63.4 Å². The van der Waals surface area contributed by atoms with E-state index in [0.29, 0.717) is 11.7 Å². The van der Waals surface area contributed by atoms with Gasteiger partial charge in [-0.25, -0.2) is 0 Å². The highest BCUT2D eigenvalue weighted by Crippen LogP contribution is 2.24. The van der Waals surface area contributed by atoms with E-state index in [1.54, 1.807) is 0 Å². The lowest BCUT2D eigenvalue weighted by Gasteiger charge is -2.27. The zero-order chi connectivity index (χ0) is 17.1. The highest BCUT2D eigenvalue weighted by molar-refractivity contribution is 5.55. The zero-order valence-electron chi connectivity index (χ0n) is 14.8. The first-order valence-electron chi connectivity index (χ1n) is 9.30. The number of ether oxygens (including phenoxy) is 1. The minimum Gasteiger partial charge on any atom is -0.375 e. The molecule has 2 saturated heterocycles. The number of hydrogen-bond donors (Lipinski definition) is 1. The van der Waals surface area contributed by atoms with Crippen molar-refractivity contribution < 1.29 is 9.26 Å². The summed E-state index contributed by atoms with van der Waals surface area (Å²) in [6.07, 6.45) is 4.01. The van der Waals surface area contributed by atoms with Crippen molar-refractivity contribution in [2.45, 2.75) is 44.9 Å². The third-order valence-corrected chi connectivity index (χ3v) is 5.06. The molecule has 4 rings (SSSR count). The van der Waals surface area contributed by atoms with Gasteiger partial charge < -0.3 is 14.6 Å². The molecule has 134 valence electrons. The quantitative estimate of drug-likeness (QED) is 0.922. The van der Waals surface area contributed by atoms with Gasteiger partial charge in [0, 0.05) is 18.7 Å². The van der Waals surface area contributed by atoms with Gasteiger partial charge in [-0.15, -0.1) is 0 Å². The third kappa shape index (κ3) is 3.92. The standard InChI is InChI=1S/C19H26N4O2/c1-14-17(20-8-11-24-14)19-21-18(22-25-19)16-7-5-6-15(12-16)13-23-9-3-2-4-10-23/h5-7,12,14,17,20H,2-4,8-11,13H2,1H3/t14-,17+/m1/s1. The van der Waals surface area contributed by atoms with Crippen LogP contribution in [-0.4, -0.2) is 47.4 Å².